The van der Waals surface area contributed by atoms with Gasteiger partial charge in [-0.3, -0.25) is 4.79 Å². The van der Waals surface area contributed by atoms with Crippen LogP contribution in [0, 0.1) is 5.82 Å². The van der Waals surface area contributed by atoms with E-state index in [-0.39, 0.29) is 11.7 Å². The summed E-state index contributed by atoms with van der Waals surface area (Å²) in [7, 11) is 1.89. The first kappa shape index (κ1) is 11.8. The van der Waals surface area contributed by atoms with E-state index in [9.17, 15) is 9.18 Å². The molecule has 0 atom stereocenters. The van der Waals surface area contributed by atoms with Crippen molar-refractivity contribution in [2.24, 2.45) is 0 Å². The highest BCUT2D eigenvalue weighted by molar-refractivity contribution is 5.78. The third-order valence-electron chi connectivity index (χ3n) is 2.98. The van der Waals surface area contributed by atoms with Crippen molar-refractivity contribution in [1.29, 1.82) is 0 Å². The fourth-order valence-corrected chi connectivity index (χ4v) is 1.92. The zero-order valence-electron chi connectivity index (χ0n) is 9.90. The van der Waals surface area contributed by atoms with Crippen LogP contribution < -0.4 is 4.90 Å². The first-order chi connectivity index (χ1) is 8.16. The van der Waals surface area contributed by atoms with Crippen LogP contribution in [-0.2, 0) is 4.79 Å². The Morgan fingerprint density at radius 1 is 1.53 bits per heavy atom. The summed E-state index contributed by atoms with van der Waals surface area (Å²) >= 11 is 0. The van der Waals surface area contributed by atoms with Gasteiger partial charge >= 0.3 is 0 Å². The molecule has 1 aliphatic heterocycles. The van der Waals surface area contributed by atoms with Crippen molar-refractivity contribution in [2.75, 3.05) is 31.6 Å². The second kappa shape index (κ2) is 5.12. The molecule has 0 bridgehead atoms. The van der Waals surface area contributed by atoms with Crippen molar-refractivity contribution < 1.29 is 9.18 Å². The Hall–Kier alpha value is -1.65. The lowest BCUT2D eigenvalue weighted by molar-refractivity contribution is -0.127. The van der Waals surface area contributed by atoms with E-state index in [0.29, 0.717) is 19.5 Å². The number of likely N-dealkylation sites (tertiary alicyclic amines) is 1. The second-order valence-corrected chi connectivity index (χ2v) is 4.24. The Labute approximate surface area is 100 Å². The van der Waals surface area contributed by atoms with Crippen LogP contribution >= 0.6 is 0 Å². The van der Waals surface area contributed by atoms with Gasteiger partial charge in [-0.15, -0.1) is 0 Å². The summed E-state index contributed by atoms with van der Waals surface area (Å²) < 4.78 is 12.7. The van der Waals surface area contributed by atoms with E-state index in [2.05, 4.69) is 4.98 Å². The monoisotopic (exact) mass is 237 g/mol. The molecule has 0 N–H and O–H groups in total. The Balaban J connectivity index is 1.86. The highest BCUT2D eigenvalue weighted by Gasteiger charge is 2.19. The van der Waals surface area contributed by atoms with Crippen LogP contribution in [0.4, 0.5) is 10.2 Å². The van der Waals surface area contributed by atoms with Gasteiger partial charge in [0.15, 0.2) is 0 Å². The van der Waals surface area contributed by atoms with Crippen LogP contribution in [0.1, 0.15) is 12.8 Å². The zero-order chi connectivity index (χ0) is 12.3. The summed E-state index contributed by atoms with van der Waals surface area (Å²) in [5.74, 6) is 0.611. The number of aromatic nitrogens is 1. The molecule has 0 saturated carbocycles. The van der Waals surface area contributed by atoms with Crippen LogP contribution in [0.15, 0.2) is 18.3 Å². The zero-order valence-corrected chi connectivity index (χ0v) is 9.90. The minimum atomic E-state index is -0.336. The summed E-state index contributed by atoms with van der Waals surface area (Å²) in [5.41, 5.74) is 0. The lowest BCUT2D eigenvalue weighted by Gasteiger charge is -2.22. The highest BCUT2D eigenvalue weighted by atomic mass is 19.1. The quantitative estimate of drug-likeness (QED) is 0.791. The van der Waals surface area contributed by atoms with Gasteiger partial charge in [-0.05, 0) is 18.6 Å². The molecule has 1 aromatic rings. The Kier molecular flexibility index (Phi) is 3.56. The van der Waals surface area contributed by atoms with Gasteiger partial charge in [0.05, 0.1) is 6.20 Å². The number of halogens is 1. The largest absolute Gasteiger partial charge is 0.358 e. The van der Waals surface area contributed by atoms with Crippen LogP contribution in [0.2, 0.25) is 0 Å². The normalized spacial score (nSPS) is 15.4. The van der Waals surface area contributed by atoms with Crippen LogP contribution in [0.3, 0.4) is 0 Å². The van der Waals surface area contributed by atoms with Gasteiger partial charge in [-0.25, -0.2) is 9.37 Å². The Morgan fingerprint density at radius 2 is 2.35 bits per heavy atom. The van der Waals surface area contributed by atoms with Crippen molar-refractivity contribution in [3.05, 3.63) is 24.1 Å². The van der Waals surface area contributed by atoms with Crippen LogP contribution in [0.5, 0.6) is 0 Å². The standard InChI is InChI=1S/C12H16FN3O/c1-15(11-5-4-10(13)9-14-11)7-8-16-6-2-3-12(16)17/h4-5,9H,2-3,6-8H2,1H3. The van der Waals surface area contributed by atoms with Gasteiger partial charge in [0.1, 0.15) is 11.6 Å². The molecule has 4 nitrogen and oxygen atoms in total. The van der Waals surface area contributed by atoms with Gasteiger partial charge < -0.3 is 9.80 Å². The third-order valence-corrected chi connectivity index (χ3v) is 2.98. The molecular weight excluding hydrogens is 221 g/mol. The van der Waals surface area contributed by atoms with Crippen LogP contribution in [0.25, 0.3) is 0 Å². The number of carbonyl (C=O) groups is 1. The molecule has 5 heteroatoms. The van der Waals surface area contributed by atoms with Crippen molar-refractivity contribution in [3.63, 3.8) is 0 Å². The van der Waals surface area contributed by atoms with E-state index >= 15 is 0 Å². The molecule has 1 saturated heterocycles. The molecule has 92 valence electrons. The number of pyridine rings is 1. The molecule has 2 rings (SSSR count). The number of rotatable bonds is 4. The molecule has 0 radical (unpaired) electrons. The fourth-order valence-electron chi connectivity index (χ4n) is 1.92. The third kappa shape index (κ3) is 2.93. The molecule has 1 amide bonds. The summed E-state index contributed by atoms with van der Waals surface area (Å²) in [6.45, 7) is 2.27. The molecule has 2 heterocycles. The topological polar surface area (TPSA) is 36.4 Å². The van der Waals surface area contributed by atoms with Gasteiger partial charge in [-0.1, -0.05) is 0 Å². The number of hydrogen-bond donors (Lipinski definition) is 0. The van der Waals surface area contributed by atoms with E-state index in [1.165, 1.54) is 12.3 Å². The van der Waals surface area contributed by atoms with Gasteiger partial charge in [-0.2, -0.15) is 0 Å². The maximum atomic E-state index is 12.7. The van der Waals surface area contributed by atoms with Crippen molar-refractivity contribution in [3.8, 4) is 0 Å². The highest BCUT2D eigenvalue weighted by Crippen LogP contribution is 2.11. The van der Waals surface area contributed by atoms with E-state index in [0.717, 1.165) is 18.8 Å². The predicted molar refractivity (Wildman–Crippen MR) is 63.3 cm³/mol. The van der Waals surface area contributed by atoms with Gasteiger partial charge in [0.2, 0.25) is 5.91 Å². The first-order valence-corrected chi connectivity index (χ1v) is 5.77. The number of hydrogen-bond acceptors (Lipinski definition) is 3. The molecule has 1 aromatic heterocycles. The number of amides is 1. The summed E-state index contributed by atoms with van der Waals surface area (Å²) in [6, 6.07) is 3.03. The molecule has 0 aliphatic carbocycles. The summed E-state index contributed by atoms with van der Waals surface area (Å²) in [6.07, 6.45) is 2.82. The fraction of sp³-hybridized carbons (Fsp3) is 0.500. The van der Waals surface area contributed by atoms with E-state index < -0.39 is 0 Å². The Bertz CT molecular complexity index is 393. The van der Waals surface area contributed by atoms with Gasteiger partial charge in [0.25, 0.3) is 0 Å². The van der Waals surface area contributed by atoms with Crippen molar-refractivity contribution >= 4 is 11.7 Å². The second-order valence-electron chi connectivity index (χ2n) is 4.24. The Morgan fingerprint density at radius 3 is 2.94 bits per heavy atom. The molecule has 1 aliphatic rings. The smallest absolute Gasteiger partial charge is 0.222 e. The number of nitrogens with zero attached hydrogens (tertiary/aromatic N) is 3. The molecule has 17 heavy (non-hydrogen) atoms. The van der Waals surface area contributed by atoms with Gasteiger partial charge in [0, 0.05) is 33.1 Å². The van der Waals surface area contributed by atoms with E-state index in [1.54, 1.807) is 6.07 Å². The first-order valence-electron chi connectivity index (χ1n) is 5.77. The SMILES string of the molecule is CN(CCN1CCCC1=O)c1ccc(F)cn1. The van der Waals surface area contributed by atoms with E-state index in [1.807, 2.05) is 16.8 Å². The average Bonchev–Trinajstić information content (AvgIpc) is 2.73. The summed E-state index contributed by atoms with van der Waals surface area (Å²) in [5, 5.41) is 0. The minimum absolute atomic E-state index is 0.227. The predicted octanol–water partition coefficient (Wildman–Crippen LogP) is 1.28. The average molecular weight is 237 g/mol. The molecule has 0 unspecified atom stereocenters. The van der Waals surface area contributed by atoms with Crippen LogP contribution in [-0.4, -0.2) is 42.5 Å². The number of carbonyl (C=O) groups excluding carboxylic acids is 1. The minimum Gasteiger partial charge on any atom is -0.358 e. The summed E-state index contributed by atoms with van der Waals surface area (Å²) in [4.78, 5) is 19.2. The molecule has 0 spiro atoms. The maximum Gasteiger partial charge on any atom is 0.222 e. The number of anilines is 1. The molecular formula is C12H16FN3O. The number of likely N-dealkylation sites (N-methyl/N-ethyl adjacent to an activating group) is 1. The maximum absolute atomic E-state index is 12.7. The lowest BCUT2D eigenvalue weighted by Crippen LogP contribution is -2.34. The van der Waals surface area contributed by atoms with Crippen molar-refractivity contribution in [1.82, 2.24) is 9.88 Å². The van der Waals surface area contributed by atoms with E-state index in [4.69, 9.17) is 0 Å². The molecule has 1 fully saturated rings. The molecule has 0 aromatic carbocycles. The lowest BCUT2D eigenvalue weighted by atomic mass is 10.4. The van der Waals surface area contributed by atoms with Crippen molar-refractivity contribution in [2.45, 2.75) is 12.8 Å².